The van der Waals surface area contributed by atoms with Crippen molar-refractivity contribution < 1.29 is 19.8 Å². The smallest absolute Gasteiger partial charge is 0.347 e. The molecular formula is C14H22N2O4S. The van der Waals surface area contributed by atoms with Crippen LogP contribution in [-0.4, -0.2) is 39.2 Å². The van der Waals surface area contributed by atoms with Gasteiger partial charge in [0.05, 0.1) is 29.3 Å². The molecule has 118 valence electrons. The van der Waals surface area contributed by atoms with Gasteiger partial charge in [-0.3, -0.25) is 4.79 Å². The number of amides is 1. The normalized spacial score (nSPS) is 12.3. The van der Waals surface area contributed by atoms with Crippen LogP contribution in [0.15, 0.2) is 0 Å². The topological polar surface area (TPSA) is 99.5 Å². The lowest BCUT2D eigenvalue weighted by molar-refractivity contribution is -0.122. The third kappa shape index (κ3) is 4.78. The molecule has 21 heavy (non-hydrogen) atoms. The lowest BCUT2D eigenvalue weighted by Crippen LogP contribution is -2.47. The van der Waals surface area contributed by atoms with Gasteiger partial charge in [0.1, 0.15) is 4.88 Å². The highest BCUT2D eigenvalue weighted by Gasteiger charge is 2.27. The third-order valence-electron chi connectivity index (χ3n) is 2.73. The molecule has 0 aromatic carbocycles. The Hall–Kier alpha value is -1.47. The molecule has 1 heterocycles. The van der Waals surface area contributed by atoms with E-state index in [1.54, 1.807) is 13.8 Å². The Bertz CT molecular complexity index is 544. The zero-order valence-corrected chi connectivity index (χ0v) is 13.8. The first kappa shape index (κ1) is 17.6. The zero-order chi connectivity index (χ0) is 16.4. The molecule has 0 spiro atoms. The number of carbonyl (C=O) groups is 2. The molecule has 1 aromatic heterocycles. The van der Waals surface area contributed by atoms with Crippen LogP contribution >= 0.6 is 11.3 Å². The van der Waals surface area contributed by atoms with Gasteiger partial charge in [0.15, 0.2) is 0 Å². The summed E-state index contributed by atoms with van der Waals surface area (Å²) in [6.07, 6.45) is -0.113. The van der Waals surface area contributed by atoms with E-state index < -0.39 is 11.5 Å². The van der Waals surface area contributed by atoms with Gasteiger partial charge in [-0.2, -0.15) is 0 Å². The zero-order valence-electron chi connectivity index (χ0n) is 13.0. The van der Waals surface area contributed by atoms with Crippen LogP contribution in [0.4, 0.5) is 0 Å². The molecule has 0 saturated heterocycles. The second-order valence-corrected chi connectivity index (χ2v) is 7.62. The molecule has 1 amide bonds. The van der Waals surface area contributed by atoms with Crippen LogP contribution in [0.3, 0.4) is 0 Å². The van der Waals surface area contributed by atoms with Crippen LogP contribution < -0.4 is 5.32 Å². The standard InChI is InChI=1S/C14H22N2O4S/c1-13(2,3)12-15-8(10(21-12)11(19)20)6-9(18)16-14(4,5)7-17/h17H,6-7H2,1-5H3,(H,16,18)(H,19,20). The molecule has 0 aliphatic carbocycles. The maximum Gasteiger partial charge on any atom is 0.347 e. The van der Waals surface area contributed by atoms with Gasteiger partial charge in [-0.25, -0.2) is 9.78 Å². The summed E-state index contributed by atoms with van der Waals surface area (Å²) in [6.45, 7) is 8.99. The molecule has 3 N–H and O–H groups in total. The van der Waals surface area contributed by atoms with Crippen molar-refractivity contribution in [2.24, 2.45) is 0 Å². The van der Waals surface area contributed by atoms with Crippen LogP contribution in [0.1, 0.15) is 55.0 Å². The van der Waals surface area contributed by atoms with E-state index >= 15 is 0 Å². The molecule has 6 nitrogen and oxygen atoms in total. The van der Waals surface area contributed by atoms with Gasteiger partial charge in [0, 0.05) is 5.41 Å². The Morgan fingerprint density at radius 1 is 1.24 bits per heavy atom. The fourth-order valence-corrected chi connectivity index (χ4v) is 2.55. The van der Waals surface area contributed by atoms with E-state index in [0.717, 1.165) is 11.3 Å². The lowest BCUT2D eigenvalue weighted by Gasteiger charge is -2.23. The fourth-order valence-electron chi connectivity index (χ4n) is 1.57. The molecule has 0 saturated carbocycles. The number of aliphatic hydroxyl groups excluding tert-OH is 1. The first-order valence-electron chi connectivity index (χ1n) is 6.61. The second-order valence-electron chi connectivity index (χ2n) is 6.62. The van der Waals surface area contributed by atoms with Crippen molar-refractivity contribution in [1.29, 1.82) is 0 Å². The summed E-state index contributed by atoms with van der Waals surface area (Å²) in [5, 5.41) is 21.7. The van der Waals surface area contributed by atoms with Crippen molar-refractivity contribution in [2.75, 3.05) is 6.61 Å². The Balaban J connectivity index is 3.00. The fraction of sp³-hybridized carbons (Fsp3) is 0.643. The summed E-state index contributed by atoms with van der Waals surface area (Å²) in [5.41, 5.74) is -0.749. The van der Waals surface area contributed by atoms with Gasteiger partial charge in [-0.05, 0) is 13.8 Å². The van der Waals surface area contributed by atoms with Gasteiger partial charge < -0.3 is 15.5 Å². The van der Waals surface area contributed by atoms with E-state index in [4.69, 9.17) is 5.11 Å². The first-order valence-corrected chi connectivity index (χ1v) is 7.43. The summed E-state index contributed by atoms with van der Waals surface area (Å²) < 4.78 is 0. The van der Waals surface area contributed by atoms with Crippen molar-refractivity contribution >= 4 is 23.2 Å². The number of nitrogens with one attached hydrogen (secondary N) is 1. The van der Waals surface area contributed by atoms with Crippen LogP contribution in [0.2, 0.25) is 0 Å². The minimum atomic E-state index is -1.08. The van der Waals surface area contributed by atoms with Crippen molar-refractivity contribution in [1.82, 2.24) is 10.3 Å². The number of aromatic nitrogens is 1. The maximum atomic E-state index is 12.0. The number of rotatable bonds is 5. The third-order valence-corrected chi connectivity index (χ3v) is 4.25. The minimum Gasteiger partial charge on any atom is -0.477 e. The van der Waals surface area contributed by atoms with Gasteiger partial charge >= 0.3 is 5.97 Å². The van der Waals surface area contributed by atoms with E-state index in [1.165, 1.54) is 0 Å². The Kier molecular flexibility index (Phi) is 5.11. The average Bonchev–Trinajstić information content (AvgIpc) is 2.71. The van der Waals surface area contributed by atoms with Crippen molar-refractivity contribution in [3.05, 3.63) is 15.6 Å². The number of aromatic carboxylic acids is 1. The van der Waals surface area contributed by atoms with E-state index in [-0.39, 0.29) is 34.9 Å². The molecule has 0 fully saturated rings. The largest absolute Gasteiger partial charge is 0.477 e. The van der Waals surface area contributed by atoms with E-state index in [9.17, 15) is 14.7 Å². The van der Waals surface area contributed by atoms with Crippen molar-refractivity contribution in [2.45, 2.75) is 52.0 Å². The number of aliphatic hydroxyl groups is 1. The predicted molar refractivity (Wildman–Crippen MR) is 80.8 cm³/mol. The van der Waals surface area contributed by atoms with Crippen LogP contribution in [0.25, 0.3) is 0 Å². The number of carbonyl (C=O) groups excluding carboxylic acids is 1. The van der Waals surface area contributed by atoms with Gasteiger partial charge in [-0.15, -0.1) is 11.3 Å². The van der Waals surface area contributed by atoms with E-state index in [1.807, 2.05) is 20.8 Å². The molecule has 0 aliphatic heterocycles. The monoisotopic (exact) mass is 314 g/mol. The summed E-state index contributed by atoms with van der Waals surface area (Å²) in [5.74, 6) is -1.44. The summed E-state index contributed by atoms with van der Waals surface area (Å²) in [7, 11) is 0. The second kappa shape index (κ2) is 6.11. The number of nitrogens with zero attached hydrogens (tertiary/aromatic N) is 1. The highest BCUT2D eigenvalue weighted by molar-refractivity contribution is 7.13. The molecule has 0 bridgehead atoms. The maximum absolute atomic E-state index is 12.0. The van der Waals surface area contributed by atoms with Gasteiger partial charge in [-0.1, -0.05) is 20.8 Å². The molecule has 1 rings (SSSR count). The quantitative estimate of drug-likeness (QED) is 0.766. The van der Waals surface area contributed by atoms with Crippen molar-refractivity contribution in [3.8, 4) is 0 Å². The number of carboxylic acids is 1. The Morgan fingerprint density at radius 3 is 2.24 bits per heavy atom. The first-order chi connectivity index (χ1) is 9.46. The summed E-state index contributed by atoms with van der Waals surface area (Å²) >= 11 is 1.10. The number of thiazole rings is 1. The number of carboxylic acid groups (broad SMARTS) is 1. The molecule has 0 radical (unpaired) electrons. The summed E-state index contributed by atoms with van der Waals surface area (Å²) in [6, 6.07) is 0. The summed E-state index contributed by atoms with van der Waals surface area (Å²) in [4.78, 5) is 27.7. The van der Waals surface area contributed by atoms with Crippen LogP contribution in [-0.2, 0) is 16.6 Å². The number of hydrogen-bond acceptors (Lipinski definition) is 5. The number of hydrogen-bond donors (Lipinski definition) is 3. The minimum absolute atomic E-state index is 0.0943. The molecule has 0 aliphatic rings. The lowest BCUT2D eigenvalue weighted by atomic mass is 9.98. The van der Waals surface area contributed by atoms with Crippen molar-refractivity contribution in [3.63, 3.8) is 0 Å². The van der Waals surface area contributed by atoms with E-state index in [2.05, 4.69) is 10.3 Å². The average molecular weight is 314 g/mol. The van der Waals surface area contributed by atoms with Crippen LogP contribution in [0.5, 0.6) is 0 Å². The molecule has 0 atom stereocenters. The van der Waals surface area contributed by atoms with Gasteiger partial charge in [0.25, 0.3) is 0 Å². The highest BCUT2D eigenvalue weighted by Crippen LogP contribution is 2.29. The Labute approximate surface area is 128 Å². The highest BCUT2D eigenvalue weighted by atomic mass is 32.1. The molecular weight excluding hydrogens is 292 g/mol. The van der Waals surface area contributed by atoms with Crippen LogP contribution in [0, 0.1) is 0 Å². The molecule has 1 aromatic rings. The predicted octanol–water partition coefficient (Wildman–Crippen LogP) is 1.57. The molecule has 0 unspecified atom stereocenters. The SMILES string of the molecule is CC(C)(CO)NC(=O)Cc1nc(C(C)(C)C)sc1C(=O)O. The van der Waals surface area contributed by atoms with E-state index in [0.29, 0.717) is 5.01 Å². The Morgan fingerprint density at radius 2 is 1.81 bits per heavy atom. The van der Waals surface area contributed by atoms with Gasteiger partial charge in [0.2, 0.25) is 5.91 Å². The molecule has 7 heteroatoms.